The molecule has 0 spiro atoms. The molecule has 0 saturated carbocycles. The van der Waals surface area contributed by atoms with E-state index in [9.17, 15) is 4.79 Å². The molecule has 0 radical (unpaired) electrons. The Morgan fingerprint density at radius 2 is 2.22 bits per heavy atom. The molecule has 4 nitrogen and oxygen atoms in total. The minimum absolute atomic E-state index is 0.245. The van der Waals surface area contributed by atoms with Gasteiger partial charge in [-0.2, -0.15) is 0 Å². The van der Waals surface area contributed by atoms with Crippen LogP contribution in [0.5, 0.6) is 0 Å². The van der Waals surface area contributed by atoms with Gasteiger partial charge in [0, 0.05) is 32.2 Å². The molecule has 1 atom stereocenters. The van der Waals surface area contributed by atoms with Crippen molar-refractivity contribution in [1.82, 2.24) is 4.90 Å². The van der Waals surface area contributed by atoms with Gasteiger partial charge < -0.3 is 15.4 Å². The van der Waals surface area contributed by atoms with Crippen LogP contribution in [-0.2, 0) is 9.53 Å². The fourth-order valence-electron chi connectivity index (χ4n) is 2.32. The molecule has 18 heavy (non-hydrogen) atoms. The van der Waals surface area contributed by atoms with Crippen molar-refractivity contribution < 1.29 is 9.53 Å². The molecule has 1 aliphatic rings. The van der Waals surface area contributed by atoms with Crippen LogP contribution in [0.15, 0.2) is 12.7 Å². The SMILES string of the molecule is C=CCOCCCC(=O)N1CCC(C(C)N)CC1. The number of carbonyl (C=O) groups is 1. The predicted octanol–water partition coefficient (Wildman–Crippen LogP) is 1.55. The first-order valence-electron chi connectivity index (χ1n) is 6.87. The molecular formula is C14H26N2O2. The molecule has 1 saturated heterocycles. The van der Waals surface area contributed by atoms with Gasteiger partial charge in [0.25, 0.3) is 0 Å². The van der Waals surface area contributed by atoms with Gasteiger partial charge in [0.2, 0.25) is 5.91 Å². The summed E-state index contributed by atoms with van der Waals surface area (Å²) in [4.78, 5) is 13.9. The molecule has 2 N–H and O–H groups in total. The minimum Gasteiger partial charge on any atom is -0.377 e. The number of rotatable bonds is 7. The van der Waals surface area contributed by atoms with Crippen LogP contribution in [0.25, 0.3) is 0 Å². The standard InChI is InChI=1S/C14H26N2O2/c1-3-10-18-11-4-5-14(17)16-8-6-13(7-9-16)12(2)15/h3,12-13H,1,4-11,15H2,2H3. The zero-order valence-electron chi connectivity index (χ0n) is 11.4. The number of likely N-dealkylation sites (tertiary alicyclic amines) is 1. The molecule has 0 aromatic carbocycles. The largest absolute Gasteiger partial charge is 0.377 e. The van der Waals surface area contributed by atoms with E-state index >= 15 is 0 Å². The first kappa shape index (κ1) is 15.2. The van der Waals surface area contributed by atoms with Gasteiger partial charge in [0.1, 0.15) is 0 Å². The summed E-state index contributed by atoms with van der Waals surface area (Å²) in [6.45, 7) is 8.55. The Bertz CT molecular complexity index is 259. The van der Waals surface area contributed by atoms with Crippen LogP contribution < -0.4 is 5.73 Å². The number of nitrogens with zero attached hydrogens (tertiary/aromatic N) is 1. The highest BCUT2D eigenvalue weighted by atomic mass is 16.5. The van der Waals surface area contributed by atoms with Crippen LogP contribution in [0.3, 0.4) is 0 Å². The van der Waals surface area contributed by atoms with Crippen molar-refractivity contribution in [3.05, 3.63) is 12.7 Å². The maximum Gasteiger partial charge on any atom is 0.222 e. The molecule has 0 aromatic heterocycles. The summed E-state index contributed by atoms with van der Waals surface area (Å²) in [6, 6.07) is 0.245. The summed E-state index contributed by atoms with van der Waals surface area (Å²) >= 11 is 0. The Hall–Kier alpha value is -0.870. The van der Waals surface area contributed by atoms with E-state index in [2.05, 4.69) is 13.5 Å². The lowest BCUT2D eigenvalue weighted by Gasteiger charge is -2.33. The smallest absolute Gasteiger partial charge is 0.222 e. The lowest BCUT2D eigenvalue weighted by atomic mass is 9.91. The van der Waals surface area contributed by atoms with E-state index in [-0.39, 0.29) is 11.9 Å². The van der Waals surface area contributed by atoms with Crippen LogP contribution in [0.2, 0.25) is 0 Å². The van der Waals surface area contributed by atoms with Gasteiger partial charge in [-0.15, -0.1) is 6.58 Å². The second-order valence-corrected chi connectivity index (χ2v) is 5.04. The first-order valence-corrected chi connectivity index (χ1v) is 6.87. The number of hydrogen-bond acceptors (Lipinski definition) is 3. The molecule has 1 rings (SSSR count). The van der Waals surface area contributed by atoms with E-state index in [0.29, 0.717) is 25.6 Å². The van der Waals surface area contributed by atoms with Crippen molar-refractivity contribution in [2.45, 2.75) is 38.6 Å². The average molecular weight is 254 g/mol. The van der Waals surface area contributed by atoms with Gasteiger partial charge in [0.15, 0.2) is 0 Å². The maximum absolute atomic E-state index is 11.9. The molecule has 1 unspecified atom stereocenters. The topological polar surface area (TPSA) is 55.6 Å². The average Bonchev–Trinajstić information content (AvgIpc) is 2.38. The third kappa shape index (κ3) is 5.19. The second-order valence-electron chi connectivity index (χ2n) is 5.04. The van der Waals surface area contributed by atoms with Crippen LogP contribution in [0, 0.1) is 5.92 Å². The van der Waals surface area contributed by atoms with E-state index in [4.69, 9.17) is 10.5 Å². The normalized spacial score (nSPS) is 18.7. The number of piperidine rings is 1. The molecule has 104 valence electrons. The Morgan fingerprint density at radius 3 is 2.78 bits per heavy atom. The number of carbonyl (C=O) groups excluding carboxylic acids is 1. The maximum atomic E-state index is 11.9. The first-order chi connectivity index (χ1) is 8.65. The van der Waals surface area contributed by atoms with Crippen LogP contribution in [-0.4, -0.2) is 43.2 Å². The van der Waals surface area contributed by atoms with Crippen molar-refractivity contribution in [2.75, 3.05) is 26.3 Å². The summed E-state index contributed by atoms with van der Waals surface area (Å²) in [7, 11) is 0. The molecular weight excluding hydrogens is 228 g/mol. The highest BCUT2D eigenvalue weighted by molar-refractivity contribution is 5.76. The van der Waals surface area contributed by atoms with Crippen LogP contribution in [0.4, 0.5) is 0 Å². The molecule has 4 heteroatoms. The highest BCUT2D eigenvalue weighted by Crippen LogP contribution is 2.20. The Balaban J connectivity index is 2.14. The van der Waals surface area contributed by atoms with Crippen molar-refractivity contribution >= 4 is 5.91 Å². The highest BCUT2D eigenvalue weighted by Gasteiger charge is 2.24. The Morgan fingerprint density at radius 1 is 1.56 bits per heavy atom. The van der Waals surface area contributed by atoms with E-state index in [1.54, 1.807) is 6.08 Å². The van der Waals surface area contributed by atoms with Gasteiger partial charge >= 0.3 is 0 Å². The number of nitrogens with two attached hydrogens (primary N) is 1. The van der Waals surface area contributed by atoms with E-state index < -0.39 is 0 Å². The molecule has 1 fully saturated rings. The zero-order valence-corrected chi connectivity index (χ0v) is 11.4. The number of amides is 1. The van der Waals surface area contributed by atoms with Gasteiger partial charge in [-0.25, -0.2) is 0 Å². The summed E-state index contributed by atoms with van der Waals surface area (Å²) < 4.78 is 5.26. The quantitative estimate of drug-likeness (QED) is 0.554. The molecule has 0 aliphatic carbocycles. The lowest BCUT2D eigenvalue weighted by Crippen LogP contribution is -2.42. The van der Waals surface area contributed by atoms with Crippen LogP contribution >= 0.6 is 0 Å². The van der Waals surface area contributed by atoms with Crippen molar-refractivity contribution in [3.8, 4) is 0 Å². The summed E-state index contributed by atoms with van der Waals surface area (Å²) in [6.07, 6.45) is 5.17. The molecule has 1 aliphatic heterocycles. The third-order valence-electron chi connectivity index (χ3n) is 3.55. The summed E-state index contributed by atoms with van der Waals surface area (Å²) in [5.41, 5.74) is 5.89. The Labute approximate surface area is 110 Å². The van der Waals surface area contributed by atoms with E-state index in [1.165, 1.54) is 0 Å². The van der Waals surface area contributed by atoms with Crippen molar-refractivity contribution in [1.29, 1.82) is 0 Å². The Kier molecular flexibility index (Phi) is 6.98. The van der Waals surface area contributed by atoms with Gasteiger partial charge in [-0.1, -0.05) is 6.08 Å². The minimum atomic E-state index is 0.245. The third-order valence-corrected chi connectivity index (χ3v) is 3.55. The summed E-state index contributed by atoms with van der Waals surface area (Å²) in [5.74, 6) is 0.824. The van der Waals surface area contributed by atoms with E-state index in [0.717, 1.165) is 32.4 Å². The van der Waals surface area contributed by atoms with Gasteiger partial charge in [-0.3, -0.25) is 4.79 Å². The van der Waals surface area contributed by atoms with E-state index in [1.807, 2.05) is 4.90 Å². The van der Waals surface area contributed by atoms with Crippen molar-refractivity contribution in [3.63, 3.8) is 0 Å². The van der Waals surface area contributed by atoms with Crippen LogP contribution in [0.1, 0.15) is 32.6 Å². The number of ether oxygens (including phenoxy) is 1. The number of hydrogen-bond donors (Lipinski definition) is 1. The molecule has 0 bridgehead atoms. The van der Waals surface area contributed by atoms with Gasteiger partial charge in [-0.05, 0) is 32.1 Å². The molecule has 1 amide bonds. The van der Waals surface area contributed by atoms with Crippen molar-refractivity contribution in [2.24, 2.45) is 11.7 Å². The fourth-order valence-corrected chi connectivity index (χ4v) is 2.32. The predicted molar refractivity (Wildman–Crippen MR) is 73.2 cm³/mol. The fraction of sp³-hybridized carbons (Fsp3) is 0.786. The summed E-state index contributed by atoms with van der Waals surface area (Å²) in [5, 5.41) is 0. The zero-order chi connectivity index (χ0) is 13.4. The monoisotopic (exact) mass is 254 g/mol. The van der Waals surface area contributed by atoms with Gasteiger partial charge in [0.05, 0.1) is 6.61 Å². The second kappa shape index (κ2) is 8.27. The lowest BCUT2D eigenvalue weighted by molar-refractivity contribution is -0.133. The molecule has 0 aromatic rings. The molecule has 1 heterocycles.